The molecular weight excluding hydrogens is 482 g/mol. The fourth-order valence-electron chi connectivity index (χ4n) is 4.33. The second-order valence-electron chi connectivity index (χ2n) is 8.58. The minimum atomic E-state index is 0.490. The summed E-state index contributed by atoms with van der Waals surface area (Å²) in [5.74, 6) is 1.98. The molecule has 0 bridgehead atoms. The summed E-state index contributed by atoms with van der Waals surface area (Å²) in [7, 11) is 2.07. The minimum Gasteiger partial charge on any atom is -0.416 e. The number of hydrogen-bond donors (Lipinski definition) is 0. The Morgan fingerprint density at radius 3 is 1.35 bits per heavy atom. The molecule has 3 heterocycles. The lowest BCUT2D eigenvalue weighted by Crippen LogP contribution is -2.14. The first-order valence-corrected chi connectivity index (χ1v) is 12.5. The van der Waals surface area contributed by atoms with Gasteiger partial charge in [0.05, 0.1) is 11.4 Å². The average Bonchev–Trinajstić information content (AvgIpc) is 3.65. The predicted molar refractivity (Wildman–Crippen MR) is 143 cm³/mol. The Kier molecular flexibility index (Phi) is 5.11. The van der Waals surface area contributed by atoms with Crippen LogP contribution in [0.5, 0.6) is 0 Å². The van der Waals surface area contributed by atoms with E-state index in [1.807, 2.05) is 72.8 Å². The molecule has 0 radical (unpaired) electrons. The van der Waals surface area contributed by atoms with Crippen LogP contribution in [-0.2, 0) is 0 Å². The molecule has 0 saturated carbocycles. The summed E-state index contributed by atoms with van der Waals surface area (Å²) in [6.07, 6.45) is 0. The summed E-state index contributed by atoms with van der Waals surface area (Å²) in [6.45, 7) is 0. The molecule has 0 saturated heterocycles. The summed E-state index contributed by atoms with van der Waals surface area (Å²) >= 11 is 1.69. The van der Waals surface area contributed by atoms with Crippen LogP contribution in [0, 0.1) is 0 Å². The third-order valence-corrected chi connectivity index (χ3v) is 7.34. The van der Waals surface area contributed by atoms with Gasteiger partial charge >= 0.3 is 0 Å². The molecule has 0 unspecified atom stereocenters. The highest BCUT2D eigenvalue weighted by atomic mass is 32.2. The number of nitrogens with zero attached hydrogens (tertiary/aromatic N) is 5. The van der Waals surface area contributed by atoms with Crippen LogP contribution in [0.3, 0.4) is 0 Å². The van der Waals surface area contributed by atoms with E-state index in [0.717, 1.165) is 43.4 Å². The molecule has 4 aromatic carbocycles. The van der Waals surface area contributed by atoms with Crippen molar-refractivity contribution in [1.29, 1.82) is 0 Å². The van der Waals surface area contributed by atoms with E-state index < -0.39 is 0 Å². The minimum absolute atomic E-state index is 0.490. The first-order chi connectivity index (χ1) is 18.2. The maximum atomic E-state index is 5.99. The molecule has 1 aliphatic heterocycles. The molecule has 178 valence electrons. The van der Waals surface area contributed by atoms with Crippen molar-refractivity contribution in [3.8, 4) is 45.8 Å². The van der Waals surface area contributed by atoms with E-state index in [1.165, 1.54) is 0 Å². The fourth-order valence-corrected chi connectivity index (χ4v) is 5.56. The van der Waals surface area contributed by atoms with Gasteiger partial charge in [-0.05, 0) is 60.7 Å². The Hall–Kier alpha value is -4.69. The topological polar surface area (TPSA) is 81.1 Å². The number of fused-ring (bicyclic) bond motifs is 2. The zero-order chi connectivity index (χ0) is 24.8. The molecule has 0 fully saturated rings. The van der Waals surface area contributed by atoms with Crippen molar-refractivity contribution < 1.29 is 8.83 Å². The van der Waals surface area contributed by atoms with Crippen LogP contribution >= 0.6 is 11.8 Å². The van der Waals surface area contributed by atoms with Crippen LogP contribution in [0.1, 0.15) is 0 Å². The number of benzene rings is 4. The van der Waals surface area contributed by atoms with Crippen LogP contribution in [0.15, 0.2) is 116 Å². The summed E-state index contributed by atoms with van der Waals surface area (Å²) < 4.78 is 12.0. The lowest BCUT2D eigenvalue weighted by Gasteiger charge is -2.29. The summed E-state index contributed by atoms with van der Waals surface area (Å²) in [4.78, 5) is 4.38. The number of anilines is 2. The quantitative estimate of drug-likeness (QED) is 0.248. The molecule has 2 aromatic heterocycles. The zero-order valence-electron chi connectivity index (χ0n) is 19.7. The second kappa shape index (κ2) is 8.76. The van der Waals surface area contributed by atoms with Crippen molar-refractivity contribution >= 4 is 23.1 Å². The second-order valence-corrected chi connectivity index (χ2v) is 9.67. The molecule has 1 aliphatic rings. The first-order valence-electron chi connectivity index (χ1n) is 11.7. The van der Waals surface area contributed by atoms with Crippen molar-refractivity contribution in [2.45, 2.75) is 9.79 Å². The molecule has 8 heteroatoms. The van der Waals surface area contributed by atoms with E-state index in [9.17, 15) is 0 Å². The standard InChI is InChI=1S/C29H19N5O2S/c1-34-22-14-12-20(28-32-30-26(35-28)18-8-4-2-5-9-18)16-24(22)37-25-17-21(13-15-23(25)34)29-33-31-27(36-29)19-10-6-3-7-11-19/h2-17H,1H3. The Balaban J connectivity index is 1.20. The smallest absolute Gasteiger partial charge is 0.248 e. The van der Waals surface area contributed by atoms with Crippen LogP contribution < -0.4 is 4.90 Å². The van der Waals surface area contributed by atoms with Crippen LogP contribution in [0.25, 0.3) is 45.8 Å². The first kappa shape index (κ1) is 21.6. The average molecular weight is 502 g/mol. The molecule has 37 heavy (non-hydrogen) atoms. The van der Waals surface area contributed by atoms with Crippen LogP contribution in [-0.4, -0.2) is 27.4 Å². The SMILES string of the molecule is CN1c2ccc(-c3nnc(-c4ccccc4)o3)cc2Sc2cc(-c3nnc(-c4ccccc4)o3)ccc21. The molecule has 0 atom stereocenters. The predicted octanol–water partition coefficient (Wildman–Crippen LogP) is 7.35. The fraction of sp³-hybridized carbons (Fsp3) is 0.0345. The van der Waals surface area contributed by atoms with Gasteiger partial charge in [0, 0.05) is 39.1 Å². The lowest BCUT2D eigenvalue weighted by molar-refractivity contribution is 0.584. The van der Waals surface area contributed by atoms with E-state index in [4.69, 9.17) is 8.83 Å². The Morgan fingerprint density at radius 1 is 0.514 bits per heavy atom. The van der Waals surface area contributed by atoms with Gasteiger partial charge in [-0.3, -0.25) is 0 Å². The third-order valence-electron chi connectivity index (χ3n) is 6.25. The number of hydrogen-bond acceptors (Lipinski definition) is 8. The summed E-state index contributed by atoms with van der Waals surface area (Å²) in [5, 5.41) is 17.1. The summed E-state index contributed by atoms with van der Waals surface area (Å²) in [5.41, 5.74) is 5.76. The normalized spacial score (nSPS) is 12.3. The monoisotopic (exact) mass is 501 g/mol. The van der Waals surface area contributed by atoms with E-state index in [1.54, 1.807) is 11.8 Å². The lowest BCUT2D eigenvalue weighted by atomic mass is 10.1. The third kappa shape index (κ3) is 3.88. The van der Waals surface area contributed by atoms with Crippen LogP contribution in [0.4, 0.5) is 11.4 Å². The molecule has 7 rings (SSSR count). The molecular formula is C29H19N5O2S. The van der Waals surface area contributed by atoms with E-state index in [-0.39, 0.29) is 0 Å². The maximum Gasteiger partial charge on any atom is 0.248 e. The van der Waals surface area contributed by atoms with Crippen molar-refractivity contribution in [3.05, 3.63) is 97.1 Å². The molecule has 6 aromatic rings. The molecule has 0 N–H and O–H groups in total. The molecule has 0 spiro atoms. The number of aromatic nitrogens is 4. The highest BCUT2D eigenvalue weighted by molar-refractivity contribution is 7.99. The Morgan fingerprint density at radius 2 is 0.919 bits per heavy atom. The van der Waals surface area contributed by atoms with Gasteiger partial charge in [-0.15, -0.1) is 20.4 Å². The van der Waals surface area contributed by atoms with Gasteiger partial charge in [0.15, 0.2) is 0 Å². The van der Waals surface area contributed by atoms with Crippen molar-refractivity contribution in [2.75, 3.05) is 11.9 Å². The van der Waals surface area contributed by atoms with Crippen molar-refractivity contribution in [3.63, 3.8) is 0 Å². The van der Waals surface area contributed by atoms with Crippen LogP contribution in [0.2, 0.25) is 0 Å². The van der Waals surface area contributed by atoms with Gasteiger partial charge in [0.2, 0.25) is 23.6 Å². The summed E-state index contributed by atoms with van der Waals surface area (Å²) in [6, 6.07) is 31.9. The Labute approximate surface area is 216 Å². The van der Waals surface area contributed by atoms with Gasteiger partial charge < -0.3 is 13.7 Å². The van der Waals surface area contributed by atoms with E-state index in [2.05, 4.69) is 56.6 Å². The van der Waals surface area contributed by atoms with Gasteiger partial charge in [-0.1, -0.05) is 48.2 Å². The van der Waals surface area contributed by atoms with Crippen molar-refractivity contribution in [1.82, 2.24) is 20.4 Å². The maximum absolute atomic E-state index is 5.99. The van der Waals surface area contributed by atoms with Gasteiger partial charge in [0.1, 0.15) is 0 Å². The highest BCUT2D eigenvalue weighted by Crippen LogP contribution is 2.49. The van der Waals surface area contributed by atoms with Gasteiger partial charge in [0.25, 0.3) is 0 Å². The highest BCUT2D eigenvalue weighted by Gasteiger charge is 2.24. The zero-order valence-corrected chi connectivity index (χ0v) is 20.5. The molecule has 0 amide bonds. The largest absolute Gasteiger partial charge is 0.416 e. The number of rotatable bonds is 4. The molecule has 7 nitrogen and oxygen atoms in total. The van der Waals surface area contributed by atoms with E-state index >= 15 is 0 Å². The Bertz CT molecular complexity index is 1600. The molecule has 0 aliphatic carbocycles. The van der Waals surface area contributed by atoms with Gasteiger partial charge in [-0.2, -0.15) is 0 Å². The van der Waals surface area contributed by atoms with E-state index in [0.29, 0.717) is 23.6 Å². The van der Waals surface area contributed by atoms with Crippen molar-refractivity contribution in [2.24, 2.45) is 0 Å². The van der Waals surface area contributed by atoms with Gasteiger partial charge in [-0.25, -0.2) is 0 Å².